The van der Waals surface area contributed by atoms with E-state index in [2.05, 4.69) is 21.3 Å². The van der Waals surface area contributed by atoms with E-state index in [0.29, 0.717) is 24.0 Å². The van der Waals surface area contributed by atoms with Crippen LogP contribution in [0.3, 0.4) is 0 Å². The number of guanidine groups is 1. The lowest BCUT2D eigenvalue weighted by atomic mass is 10.1. The van der Waals surface area contributed by atoms with E-state index in [9.17, 15) is 0 Å². The van der Waals surface area contributed by atoms with Crippen LogP contribution in [-0.4, -0.2) is 52.8 Å². The molecule has 3 N–H and O–H groups in total. The van der Waals surface area contributed by atoms with Crippen LogP contribution in [-0.2, 0) is 0 Å². The van der Waals surface area contributed by atoms with Crippen LogP contribution in [0.1, 0.15) is 11.6 Å². The molecule has 0 aliphatic carbocycles. The highest BCUT2D eigenvalue weighted by atomic mass is 16.5. The van der Waals surface area contributed by atoms with Gasteiger partial charge in [0.25, 0.3) is 0 Å². The lowest BCUT2D eigenvalue weighted by molar-refractivity contribution is 0.305. The number of nitrogens with zero attached hydrogens (tertiary/aromatic N) is 2. The molecule has 0 aliphatic heterocycles. The Morgan fingerprint density at radius 2 is 1.78 bits per heavy atom. The molecule has 0 saturated carbocycles. The van der Waals surface area contributed by atoms with Crippen molar-refractivity contribution in [2.24, 2.45) is 10.7 Å². The molecule has 0 heterocycles. The molecular weight excluding hydrogens is 344 g/mol. The minimum Gasteiger partial charge on any atom is -0.497 e. The molecule has 1 unspecified atom stereocenters. The Kier molecular flexibility index (Phi) is 7.31. The van der Waals surface area contributed by atoms with Crippen molar-refractivity contribution in [1.82, 2.24) is 4.90 Å². The average Bonchev–Trinajstić information content (AvgIpc) is 2.67. The Morgan fingerprint density at radius 3 is 2.41 bits per heavy atom. The number of ether oxygens (including phenoxy) is 3. The highest BCUT2D eigenvalue weighted by molar-refractivity contribution is 5.92. The number of nitrogens with one attached hydrogen (secondary N) is 1. The zero-order chi connectivity index (χ0) is 19.8. The number of hydrogen-bond acceptors (Lipinski definition) is 5. The summed E-state index contributed by atoms with van der Waals surface area (Å²) in [7, 11) is 8.87. The van der Waals surface area contributed by atoms with Gasteiger partial charge in [-0.25, -0.2) is 0 Å². The maximum atomic E-state index is 6.07. The molecule has 0 bridgehead atoms. The van der Waals surface area contributed by atoms with Crippen LogP contribution in [0.5, 0.6) is 17.2 Å². The molecule has 0 aromatic heterocycles. The first-order valence-electron chi connectivity index (χ1n) is 8.57. The fraction of sp³-hybridized carbons (Fsp3) is 0.350. The monoisotopic (exact) mass is 372 g/mol. The third-order valence-electron chi connectivity index (χ3n) is 4.19. The second-order valence-electron chi connectivity index (χ2n) is 6.18. The number of rotatable bonds is 8. The standard InChI is InChI=1S/C20H28N4O3/c1-24(2)17(14-7-6-8-16(11-14)25-3)13-22-20(21)23-15-9-10-18(26-4)19(12-15)27-5/h6-12,17H,13H2,1-5H3,(H3,21,22,23). The molecule has 1 atom stereocenters. The van der Waals surface area contributed by atoms with E-state index in [0.717, 1.165) is 17.0 Å². The molecule has 0 amide bonds. The van der Waals surface area contributed by atoms with Crippen LogP contribution in [0.25, 0.3) is 0 Å². The van der Waals surface area contributed by atoms with Gasteiger partial charge >= 0.3 is 0 Å². The fourth-order valence-electron chi connectivity index (χ4n) is 2.70. The van der Waals surface area contributed by atoms with Crippen molar-refractivity contribution < 1.29 is 14.2 Å². The summed E-state index contributed by atoms with van der Waals surface area (Å²) < 4.78 is 15.9. The van der Waals surface area contributed by atoms with Gasteiger partial charge in [0.15, 0.2) is 17.5 Å². The predicted octanol–water partition coefficient (Wildman–Crippen LogP) is 2.74. The Labute approximate surface area is 160 Å². The quantitative estimate of drug-likeness (QED) is 0.548. The number of hydrogen-bond donors (Lipinski definition) is 2. The van der Waals surface area contributed by atoms with E-state index in [1.54, 1.807) is 21.3 Å². The Hall–Kier alpha value is -2.93. The summed E-state index contributed by atoms with van der Waals surface area (Å²) in [6.45, 7) is 0.506. The molecule has 0 spiro atoms. The SMILES string of the molecule is COc1cccc(C(CN=C(N)Nc2ccc(OC)c(OC)c2)N(C)C)c1. The molecule has 2 rings (SSSR count). The van der Waals surface area contributed by atoms with Crippen molar-refractivity contribution in [2.75, 3.05) is 47.3 Å². The van der Waals surface area contributed by atoms with Crippen LogP contribution >= 0.6 is 0 Å². The summed E-state index contributed by atoms with van der Waals surface area (Å²) in [5.41, 5.74) is 7.96. The van der Waals surface area contributed by atoms with Gasteiger partial charge in [0.2, 0.25) is 0 Å². The first kappa shape index (κ1) is 20.4. The molecule has 2 aromatic rings. The van der Waals surface area contributed by atoms with Gasteiger partial charge in [0.1, 0.15) is 5.75 Å². The van der Waals surface area contributed by atoms with Crippen molar-refractivity contribution in [3.63, 3.8) is 0 Å². The van der Waals surface area contributed by atoms with Gasteiger partial charge in [-0.3, -0.25) is 4.99 Å². The number of anilines is 1. The predicted molar refractivity (Wildman–Crippen MR) is 109 cm³/mol. The van der Waals surface area contributed by atoms with Crippen LogP contribution < -0.4 is 25.3 Å². The van der Waals surface area contributed by atoms with Gasteiger partial charge in [-0.05, 0) is 43.9 Å². The number of likely N-dealkylation sites (N-methyl/N-ethyl adjacent to an activating group) is 1. The van der Waals surface area contributed by atoms with E-state index in [-0.39, 0.29) is 6.04 Å². The molecule has 146 valence electrons. The van der Waals surface area contributed by atoms with E-state index in [1.165, 1.54) is 0 Å². The minimum atomic E-state index is 0.0749. The summed E-state index contributed by atoms with van der Waals surface area (Å²) in [6.07, 6.45) is 0. The molecule has 0 aliphatic rings. The van der Waals surface area contributed by atoms with Gasteiger partial charge in [-0.15, -0.1) is 0 Å². The van der Waals surface area contributed by atoms with Gasteiger partial charge < -0.3 is 30.2 Å². The van der Waals surface area contributed by atoms with Crippen LogP contribution in [0.4, 0.5) is 5.69 Å². The third kappa shape index (κ3) is 5.52. The number of nitrogens with two attached hydrogens (primary N) is 1. The maximum Gasteiger partial charge on any atom is 0.193 e. The summed E-state index contributed by atoms with van der Waals surface area (Å²) in [5.74, 6) is 2.43. The van der Waals surface area contributed by atoms with Gasteiger partial charge in [-0.1, -0.05) is 12.1 Å². The zero-order valence-electron chi connectivity index (χ0n) is 16.5. The van der Waals surface area contributed by atoms with E-state index in [1.807, 2.05) is 50.5 Å². The zero-order valence-corrected chi connectivity index (χ0v) is 16.5. The highest BCUT2D eigenvalue weighted by Gasteiger charge is 2.14. The average molecular weight is 372 g/mol. The molecule has 7 heteroatoms. The fourth-order valence-corrected chi connectivity index (χ4v) is 2.70. The summed E-state index contributed by atoms with van der Waals surface area (Å²) in [6, 6.07) is 13.5. The molecule has 27 heavy (non-hydrogen) atoms. The Morgan fingerprint density at radius 1 is 1.04 bits per heavy atom. The van der Waals surface area contributed by atoms with Crippen molar-refractivity contribution in [1.29, 1.82) is 0 Å². The molecule has 2 aromatic carbocycles. The van der Waals surface area contributed by atoms with Gasteiger partial charge in [0, 0.05) is 11.8 Å². The van der Waals surface area contributed by atoms with E-state index in [4.69, 9.17) is 19.9 Å². The van der Waals surface area contributed by atoms with E-state index >= 15 is 0 Å². The van der Waals surface area contributed by atoms with Crippen molar-refractivity contribution in [3.05, 3.63) is 48.0 Å². The lowest BCUT2D eigenvalue weighted by Crippen LogP contribution is -2.27. The Bertz CT molecular complexity index is 778. The van der Waals surface area contributed by atoms with Crippen LogP contribution in [0.2, 0.25) is 0 Å². The topological polar surface area (TPSA) is 81.3 Å². The molecule has 0 radical (unpaired) electrons. The number of methoxy groups -OCH3 is 3. The van der Waals surface area contributed by atoms with Gasteiger partial charge in [-0.2, -0.15) is 0 Å². The van der Waals surface area contributed by atoms with Crippen molar-refractivity contribution in [2.45, 2.75) is 6.04 Å². The van der Waals surface area contributed by atoms with Crippen LogP contribution in [0.15, 0.2) is 47.5 Å². The third-order valence-corrected chi connectivity index (χ3v) is 4.19. The molecular formula is C20H28N4O3. The maximum absolute atomic E-state index is 6.07. The number of aliphatic imine (C=N–C) groups is 1. The number of benzene rings is 2. The van der Waals surface area contributed by atoms with Gasteiger partial charge in [0.05, 0.1) is 33.9 Å². The molecule has 0 fully saturated rings. The second kappa shape index (κ2) is 9.68. The normalized spacial score (nSPS) is 12.6. The van der Waals surface area contributed by atoms with E-state index < -0.39 is 0 Å². The summed E-state index contributed by atoms with van der Waals surface area (Å²) in [5, 5.41) is 3.09. The smallest absolute Gasteiger partial charge is 0.193 e. The molecule has 7 nitrogen and oxygen atoms in total. The minimum absolute atomic E-state index is 0.0749. The highest BCUT2D eigenvalue weighted by Crippen LogP contribution is 2.29. The van der Waals surface area contributed by atoms with Crippen molar-refractivity contribution in [3.8, 4) is 17.2 Å². The van der Waals surface area contributed by atoms with Crippen LogP contribution in [0, 0.1) is 0 Å². The molecule has 0 saturated heterocycles. The first-order chi connectivity index (χ1) is 13.0. The Balaban J connectivity index is 2.11. The first-order valence-corrected chi connectivity index (χ1v) is 8.57. The largest absolute Gasteiger partial charge is 0.497 e. The second-order valence-corrected chi connectivity index (χ2v) is 6.18. The summed E-state index contributed by atoms with van der Waals surface area (Å²) >= 11 is 0. The van der Waals surface area contributed by atoms with Crippen molar-refractivity contribution >= 4 is 11.6 Å². The summed E-state index contributed by atoms with van der Waals surface area (Å²) in [4.78, 5) is 6.60. The lowest BCUT2D eigenvalue weighted by Gasteiger charge is -2.23.